The summed E-state index contributed by atoms with van der Waals surface area (Å²) in [6.45, 7) is 4.00. The summed E-state index contributed by atoms with van der Waals surface area (Å²) < 4.78 is 5.01. The Morgan fingerprint density at radius 3 is 2.25 bits per heavy atom. The van der Waals surface area contributed by atoms with Gasteiger partial charge in [-0.3, -0.25) is 4.79 Å². The summed E-state index contributed by atoms with van der Waals surface area (Å²) in [5, 5.41) is 2.54. The number of hydrogen-bond donors (Lipinski definition) is 1. The fraction of sp³-hybridized carbons (Fsp3) is 0.308. The van der Waals surface area contributed by atoms with Gasteiger partial charge in [0.2, 0.25) is 0 Å². The second-order valence-corrected chi connectivity index (χ2v) is 2.95. The number of para-hydroxylation sites is 1. The van der Waals surface area contributed by atoms with Gasteiger partial charge in [-0.1, -0.05) is 24.3 Å². The highest BCUT2D eigenvalue weighted by molar-refractivity contribution is 5.96. The van der Waals surface area contributed by atoms with Crippen molar-refractivity contribution in [1.29, 1.82) is 0 Å². The standard InChI is InChI=1S/C9H11NO2.C4H8/c1-10-9(11)7-5-3-4-6-8(7)12-2;1-3-4-2/h3-6H,1-2H3,(H,10,11);3-4H,1-2H3/b;4-3-. The maximum absolute atomic E-state index is 11.2. The molecule has 0 fully saturated rings. The van der Waals surface area contributed by atoms with Gasteiger partial charge in [0.25, 0.3) is 5.91 Å². The second-order valence-electron chi connectivity index (χ2n) is 2.95. The molecule has 0 atom stereocenters. The highest BCUT2D eigenvalue weighted by Crippen LogP contribution is 2.16. The topological polar surface area (TPSA) is 38.3 Å². The van der Waals surface area contributed by atoms with Crippen LogP contribution in [0.1, 0.15) is 24.2 Å². The number of amides is 1. The van der Waals surface area contributed by atoms with Gasteiger partial charge in [0.15, 0.2) is 0 Å². The van der Waals surface area contributed by atoms with Crippen molar-refractivity contribution in [1.82, 2.24) is 5.32 Å². The molecule has 0 bridgehead atoms. The van der Waals surface area contributed by atoms with E-state index in [2.05, 4.69) is 5.32 Å². The molecule has 0 saturated carbocycles. The highest BCUT2D eigenvalue weighted by atomic mass is 16.5. The first-order valence-corrected chi connectivity index (χ1v) is 5.13. The molecule has 0 spiro atoms. The molecule has 0 saturated heterocycles. The van der Waals surface area contributed by atoms with Crippen LogP contribution in [0, 0.1) is 0 Å². The summed E-state index contributed by atoms with van der Waals surface area (Å²) in [4.78, 5) is 11.2. The number of rotatable bonds is 2. The molecule has 0 aliphatic rings. The van der Waals surface area contributed by atoms with Gasteiger partial charge < -0.3 is 10.1 Å². The fourth-order valence-electron chi connectivity index (χ4n) is 0.967. The van der Waals surface area contributed by atoms with Crippen molar-refractivity contribution in [2.24, 2.45) is 0 Å². The number of methoxy groups -OCH3 is 1. The Morgan fingerprint density at radius 2 is 1.81 bits per heavy atom. The number of ether oxygens (including phenoxy) is 1. The number of benzene rings is 1. The van der Waals surface area contributed by atoms with Crippen molar-refractivity contribution in [2.75, 3.05) is 14.2 Å². The first-order chi connectivity index (χ1) is 7.71. The summed E-state index contributed by atoms with van der Waals surface area (Å²) in [5.74, 6) is 0.462. The molecule has 1 N–H and O–H groups in total. The number of hydrogen-bond acceptors (Lipinski definition) is 2. The van der Waals surface area contributed by atoms with Crippen molar-refractivity contribution in [3.8, 4) is 5.75 Å². The number of carbonyl (C=O) groups is 1. The quantitative estimate of drug-likeness (QED) is 0.780. The molecule has 1 rings (SSSR count). The first-order valence-electron chi connectivity index (χ1n) is 5.13. The van der Waals surface area contributed by atoms with Crippen LogP contribution >= 0.6 is 0 Å². The van der Waals surface area contributed by atoms with Crippen LogP contribution < -0.4 is 10.1 Å². The number of allylic oxidation sites excluding steroid dienone is 2. The van der Waals surface area contributed by atoms with Crippen molar-refractivity contribution in [2.45, 2.75) is 13.8 Å². The van der Waals surface area contributed by atoms with Crippen LogP contribution in [0.2, 0.25) is 0 Å². The molecule has 1 aromatic rings. The zero-order chi connectivity index (χ0) is 12.4. The molecule has 0 radical (unpaired) electrons. The van der Waals surface area contributed by atoms with Gasteiger partial charge in [-0.05, 0) is 26.0 Å². The lowest BCUT2D eigenvalue weighted by Crippen LogP contribution is -2.18. The van der Waals surface area contributed by atoms with Gasteiger partial charge in [-0.25, -0.2) is 0 Å². The molecular formula is C13H19NO2. The Labute approximate surface area is 97.1 Å². The van der Waals surface area contributed by atoms with Gasteiger partial charge in [-0.15, -0.1) is 0 Å². The Bertz CT molecular complexity index is 342. The van der Waals surface area contributed by atoms with E-state index in [9.17, 15) is 4.79 Å². The predicted octanol–water partition coefficient (Wildman–Crippen LogP) is 2.64. The van der Waals surface area contributed by atoms with Crippen molar-refractivity contribution in [3.63, 3.8) is 0 Å². The molecule has 3 heteroatoms. The molecule has 16 heavy (non-hydrogen) atoms. The van der Waals surface area contributed by atoms with Crippen LogP contribution in [0.15, 0.2) is 36.4 Å². The highest BCUT2D eigenvalue weighted by Gasteiger charge is 2.07. The van der Waals surface area contributed by atoms with E-state index in [1.54, 1.807) is 32.4 Å². The average molecular weight is 221 g/mol. The van der Waals surface area contributed by atoms with E-state index in [4.69, 9.17) is 4.74 Å². The van der Waals surface area contributed by atoms with Gasteiger partial charge >= 0.3 is 0 Å². The summed E-state index contributed by atoms with van der Waals surface area (Å²) in [6, 6.07) is 7.10. The Morgan fingerprint density at radius 1 is 1.25 bits per heavy atom. The lowest BCUT2D eigenvalue weighted by molar-refractivity contribution is 0.0960. The molecule has 0 aromatic heterocycles. The van der Waals surface area contributed by atoms with Gasteiger partial charge in [0.1, 0.15) is 5.75 Å². The molecule has 88 valence electrons. The maximum Gasteiger partial charge on any atom is 0.254 e. The van der Waals surface area contributed by atoms with Crippen molar-refractivity contribution in [3.05, 3.63) is 42.0 Å². The van der Waals surface area contributed by atoms with Gasteiger partial charge in [0, 0.05) is 7.05 Å². The van der Waals surface area contributed by atoms with E-state index < -0.39 is 0 Å². The molecular weight excluding hydrogens is 202 g/mol. The normalized spacial score (nSPS) is 9.25. The zero-order valence-electron chi connectivity index (χ0n) is 10.3. The van der Waals surface area contributed by atoms with Crippen LogP contribution in [-0.2, 0) is 0 Å². The fourth-order valence-corrected chi connectivity index (χ4v) is 0.967. The average Bonchev–Trinajstić information content (AvgIpc) is 2.38. The third-order valence-corrected chi connectivity index (χ3v) is 1.91. The van der Waals surface area contributed by atoms with Crippen molar-refractivity contribution < 1.29 is 9.53 Å². The van der Waals surface area contributed by atoms with Crippen molar-refractivity contribution >= 4 is 5.91 Å². The molecule has 3 nitrogen and oxygen atoms in total. The van der Waals surface area contributed by atoms with Gasteiger partial charge in [0.05, 0.1) is 12.7 Å². The third-order valence-electron chi connectivity index (χ3n) is 1.91. The minimum atomic E-state index is -0.132. The number of nitrogens with one attached hydrogen (secondary N) is 1. The second kappa shape index (κ2) is 8.53. The lowest BCUT2D eigenvalue weighted by atomic mass is 10.2. The summed E-state index contributed by atoms with van der Waals surface area (Å²) in [5.41, 5.74) is 0.558. The maximum atomic E-state index is 11.2. The monoisotopic (exact) mass is 221 g/mol. The summed E-state index contributed by atoms with van der Waals surface area (Å²) in [7, 11) is 3.14. The number of carbonyl (C=O) groups excluding carboxylic acids is 1. The smallest absolute Gasteiger partial charge is 0.254 e. The minimum Gasteiger partial charge on any atom is -0.496 e. The van der Waals surface area contributed by atoms with E-state index in [1.807, 2.05) is 32.1 Å². The Balaban J connectivity index is 0.000000487. The lowest BCUT2D eigenvalue weighted by Gasteiger charge is -2.05. The van der Waals surface area contributed by atoms with Crippen LogP contribution in [0.25, 0.3) is 0 Å². The van der Waals surface area contributed by atoms with E-state index in [-0.39, 0.29) is 5.91 Å². The van der Waals surface area contributed by atoms with Crippen LogP contribution in [-0.4, -0.2) is 20.1 Å². The summed E-state index contributed by atoms with van der Waals surface area (Å²) >= 11 is 0. The van der Waals surface area contributed by atoms with E-state index in [0.717, 1.165) is 0 Å². The van der Waals surface area contributed by atoms with E-state index in [0.29, 0.717) is 11.3 Å². The largest absolute Gasteiger partial charge is 0.496 e. The molecule has 0 aliphatic carbocycles. The zero-order valence-corrected chi connectivity index (χ0v) is 10.3. The van der Waals surface area contributed by atoms with Crippen LogP contribution in [0.4, 0.5) is 0 Å². The van der Waals surface area contributed by atoms with Gasteiger partial charge in [-0.2, -0.15) is 0 Å². The van der Waals surface area contributed by atoms with E-state index in [1.165, 1.54) is 0 Å². The van der Waals surface area contributed by atoms with E-state index >= 15 is 0 Å². The molecule has 0 heterocycles. The Kier molecular flexibility index (Phi) is 7.59. The molecule has 0 unspecified atom stereocenters. The summed E-state index contributed by atoms with van der Waals surface area (Å²) in [6.07, 6.45) is 4.00. The molecule has 0 aliphatic heterocycles. The van der Waals surface area contributed by atoms with Crippen LogP contribution in [0.5, 0.6) is 5.75 Å². The predicted molar refractivity (Wildman–Crippen MR) is 66.9 cm³/mol. The SMILES string of the molecule is C/C=C\C.CNC(=O)c1ccccc1OC. The third kappa shape index (κ3) is 4.64. The molecule has 1 aromatic carbocycles. The van der Waals surface area contributed by atoms with Crippen LogP contribution in [0.3, 0.4) is 0 Å². The Hall–Kier alpha value is -1.77. The first kappa shape index (κ1) is 14.2. The molecule has 1 amide bonds. The minimum absolute atomic E-state index is 0.132.